The molecule has 168 valence electrons. The molecular weight excluding hydrogens is 418 g/mol. The minimum Gasteiger partial charge on any atom is -0.514 e. The van der Waals surface area contributed by atoms with E-state index >= 15 is 0 Å². The van der Waals surface area contributed by atoms with Crippen LogP contribution in [0.1, 0.15) is 34.3 Å². The molecular formula is C25H25N5O3. The lowest BCUT2D eigenvalue weighted by atomic mass is 9.92. The van der Waals surface area contributed by atoms with Gasteiger partial charge in [-0.05, 0) is 37.1 Å². The maximum Gasteiger partial charge on any atom is 0.211 e. The molecule has 2 aromatic heterocycles. The van der Waals surface area contributed by atoms with E-state index in [4.69, 9.17) is 4.52 Å². The van der Waals surface area contributed by atoms with Crippen LogP contribution in [0.5, 0.6) is 0 Å². The van der Waals surface area contributed by atoms with Gasteiger partial charge in [0, 0.05) is 35.1 Å². The number of anilines is 1. The maximum atomic E-state index is 11.4. The summed E-state index contributed by atoms with van der Waals surface area (Å²) in [6, 6.07) is 15.3. The highest BCUT2D eigenvalue weighted by atomic mass is 16.5. The number of benzene rings is 2. The topological polar surface area (TPSA) is 116 Å². The van der Waals surface area contributed by atoms with E-state index in [-0.39, 0.29) is 6.04 Å². The number of rotatable bonds is 9. The van der Waals surface area contributed by atoms with Gasteiger partial charge in [-0.15, -0.1) is 0 Å². The molecule has 2 aromatic carbocycles. The Kier molecular flexibility index (Phi) is 6.54. The van der Waals surface area contributed by atoms with E-state index in [0.29, 0.717) is 30.0 Å². The Morgan fingerprint density at radius 2 is 2.03 bits per heavy atom. The van der Waals surface area contributed by atoms with Crippen LogP contribution >= 0.6 is 0 Å². The van der Waals surface area contributed by atoms with E-state index in [0.717, 1.165) is 39.9 Å². The molecule has 0 fully saturated rings. The molecule has 0 saturated heterocycles. The van der Waals surface area contributed by atoms with Crippen molar-refractivity contribution in [2.75, 3.05) is 5.32 Å². The molecule has 8 heteroatoms. The molecule has 0 aliphatic heterocycles. The highest BCUT2D eigenvalue weighted by Crippen LogP contribution is 2.35. The Bertz CT molecular complexity index is 1230. The largest absolute Gasteiger partial charge is 0.514 e. The van der Waals surface area contributed by atoms with Crippen molar-refractivity contribution in [2.45, 2.75) is 26.3 Å². The number of aliphatic hydroxyl groups excluding tert-OH is 1. The molecule has 4 N–H and O–H groups in total. The van der Waals surface area contributed by atoms with Crippen LogP contribution in [0.2, 0.25) is 0 Å². The third kappa shape index (κ3) is 4.79. The number of nitrogens with zero attached hydrogens (tertiary/aromatic N) is 2. The van der Waals surface area contributed by atoms with Crippen molar-refractivity contribution in [1.29, 1.82) is 0 Å². The molecule has 0 aliphatic carbocycles. The summed E-state index contributed by atoms with van der Waals surface area (Å²) in [4.78, 5) is 18.5. The molecule has 0 bridgehead atoms. The number of hydrogen-bond acceptors (Lipinski definition) is 6. The Morgan fingerprint density at radius 1 is 1.21 bits per heavy atom. The summed E-state index contributed by atoms with van der Waals surface area (Å²) in [5.74, 6) is 0.717. The number of carbonyl (C=O) groups is 1. The quantitative estimate of drug-likeness (QED) is 0.222. The van der Waals surface area contributed by atoms with Gasteiger partial charge in [-0.3, -0.25) is 4.79 Å². The fourth-order valence-electron chi connectivity index (χ4n) is 3.94. The first-order valence-electron chi connectivity index (χ1n) is 10.5. The molecule has 0 radical (unpaired) electrons. The van der Waals surface area contributed by atoms with Crippen LogP contribution < -0.4 is 10.6 Å². The van der Waals surface area contributed by atoms with Crippen LogP contribution in [0.4, 0.5) is 5.69 Å². The normalized spacial score (nSPS) is 12.4. The van der Waals surface area contributed by atoms with Crippen molar-refractivity contribution >= 4 is 12.1 Å². The standard InChI is InChI=1S/C25H25N5O3/c1-16-24(17(2)33-30-16)19-8-9-23(28-15-32)22(10-19)25(18-6-4-3-5-7-18)29-21(13-31)11-20-12-26-14-27-20/h3-10,12-15,25,29,31H,11H2,1-2H3,(H,26,27)(H,28,32)/b21-13+. The van der Waals surface area contributed by atoms with E-state index in [9.17, 15) is 9.90 Å². The molecule has 1 atom stereocenters. The number of allylic oxidation sites excluding steroid dienone is 1. The van der Waals surface area contributed by atoms with Crippen molar-refractivity contribution in [3.63, 3.8) is 0 Å². The second-order valence-electron chi connectivity index (χ2n) is 7.66. The third-order valence-electron chi connectivity index (χ3n) is 5.45. The summed E-state index contributed by atoms with van der Waals surface area (Å²) in [5.41, 5.74) is 6.51. The molecule has 1 amide bonds. The molecule has 4 rings (SSSR count). The van der Waals surface area contributed by atoms with Gasteiger partial charge in [-0.1, -0.05) is 41.6 Å². The number of aromatic nitrogens is 3. The van der Waals surface area contributed by atoms with Crippen LogP contribution in [-0.4, -0.2) is 26.6 Å². The van der Waals surface area contributed by atoms with Crippen molar-refractivity contribution in [1.82, 2.24) is 20.4 Å². The molecule has 1 unspecified atom stereocenters. The Morgan fingerprint density at radius 3 is 2.67 bits per heavy atom. The minimum absolute atomic E-state index is 0.365. The zero-order valence-corrected chi connectivity index (χ0v) is 18.4. The molecule has 4 aromatic rings. The number of amides is 1. The summed E-state index contributed by atoms with van der Waals surface area (Å²) in [6.07, 6.45) is 5.45. The second-order valence-corrected chi connectivity index (χ2v) is 7.66. The highest BCUT2D eigenvalue weighted by molar-refractivity contribution is 5.78. The van der Waals surface area contributed by atoms with Gasteiger partial charge in [0.05, 0.1) is 30.0 Å². The summed E-state index contributed by atoms with van der Waals surface area (Å²) in [7, 11) is 0. The summed E-state index contributed by atoms with van der Waals surface area (Å²) in [6.45, 7) is 3.77. The lowest BCUT2D eigenvalue weighted by molar-refractivity contribution is -0.105. The van der Waals surface area contributed by atoms with Crippen LogP contribution in [0, 0.1) is 13.8 Å². The molecule has 8 nitrogen and oxygen atoms in total. The Hall–Kier alpha value is -4.33. The number of imidazole rings is 1. The number of H-pyrrole nitrogens is 1. The SMILES string of the molecule is Cc1noc(C)c1-c1ccc(NC=O)c(C(N/C(=C/O)Cc2cnc[nH]2)c2ccccc2)c1. The third-order valence-corrected chi connectivity index (χ3v) is 5.45. The van der Waals surface area contributed by atoms with Gasteiger partial charge < -0.3 is 25.2 Å². The van der Waals surface area contributed by atoms with E-state index in [2.05, 4.69) is 25.8 Å². The van der Waals surface area contributed by atoms with Crippen molar-refractivity contribution in [3.8, 4) is 11.1 Å². The van der Waals surface area contributed by atoms with E-state index < -0.39 is 0 Å². The average Bonchev–Trinajstić information content (AvgIpc) is 3.47. The number of aliphatic hydroxyl groups is 1. The number of carbonyl (C=O) groups excluding carboxylic acids is 1. The van der Waals surface area contributed by atoms with E-state index in [1.165, 1.54) is 0 Å². The number of aryl methyl sites for hydroxylation is 2. The van der Waals surface area contributed by atoms with Crippen LogP contribution in [0.15, 0.2) is 77.5 Å². The average molecular weight is 444 g/mol. The molecule has 0 saturated carbocycles. The number of aromatic amines is 1. The van der Waals surface area contributed by atoms with E-state index in [1.54, 1.807) is 12.5 Å². The lowest BCUT2D eigenvalue weighted by Gasteiger charge is -2.25. The van der Waals surface area contributed by atoms with Gasteiger partial charge in [0.25, 0.3) is 0 Å². The summed E-state index contributed by atoms with van der Waals surface area (Å²) in [5, 5.41) is 20.3. The van der Waals surface area contributed by atoms with Gasteiger partial charge >= 0.3 is 0 Å². The van der Waals surface area contributed by atoms with Crippen molar-refractivity contribution in [3.05, 3.63) is 101 Å². The number of hydrogen-bond donors (Lipinski definition) is 4. The molecule has 0 aliphatic rings. The predicted octanol–water partition coefficient (Wildman–Crippen LogP) is 4.57. The smallest absolute Gasteiger partial charge is 0.211 e. The van der Waals surface area contributed by atoms with Gasteiger partial charge in [0.2, 0.25) is 6.41 Å². The maximum absolute atomic E-state index is 11.4. The first-order chi connectivity index (χ1) is 16.1. The van der Waals surface area contributed by atoms with Gasteiger partial charge in [0.1, 0.15) is 5.76 Å². The van der Waals surface area contributed by atoms with Gasteiger partial charge in [-0.2, -0.15) is 0 Å². The Labute approximate surface area is 191 Å². The summed E-state index contributed by atoms with van der Waals surface area (Å²) >= 11 is 0. The lowest BCUT2D eigenvalue weighted by Crippen LogP contribution is -2.24. The van der Waals surface area contributed by atoms with Gasteiger partial charge in [0.15, 0.2) is 0 Å². The zero-order chi connectivity index (χ0) is 23.2. The molecule has 33 heavy (non-hydrogen) atoms. The van der Waals surface area contributed by atoms with Gasteiger partial charge in [-0.25, -0.2) is 4.98 Å². The van der Waals surface area contributed by atoms with Crippen molar-refractivity contribution < 1.29 is 14.4 Å². The van der Waals surface area contributed by atoms with Crippen LogP contribution in [0.25, 0.3) is 11.1 Å². The fraction of sp³-hybridized carbons (Fsp3) is 0.160. The van der Waals surface area contributed by atoms with Crippen molar-refractivity contribution in [2.24, 2.45) is 0 Å². The highest BCUT2D eigenvalue weighted by Gasteiger charge is 2.22. The minimum atomic E-state index is -0.365. The van der Waals surface area contributed by atoms with E-state index in [1.807, 2.05) is 62.4 Å². The fourth-order valence-corrected chi connectivity index (χ4v) is 3.94. The number of nitrogens with one attached hydrogen (secondary N) is 3. The predicted molar refractivity (Wildman–Crippen MR) is 126 cm³/mol. The first-order valence-corrected chi connectivity index (χ1v) is 10.5. The first kappa shape index (κ1) is 21.9. The molecule has 0 spiro atoms. The second kappa shape index (κ2) is 9.86. The molecule has 2 heterocycles. The van der Waals surface area contributed by atoms with Crippen LogP contribution in [-0.2, 0) is 11.2 Å². The zero-order valence-electron chi connectivity index (χ0n) is 18.4. The Balaban J connectivity index is 1.81. The monoisotopic (exact) mass is 443 g/mol. The van der Waals surface area contributed by atoms with Crippen LogP contribution in [0.3, 0.4) is 0 Å². The summed E-state index contributed by atoms with van der Waals surface area (Å²) < 4.78 is 5.36.